The number of hydrogen-bond donors (Lipinski definition) is 0. The lowest BCUT2D eigenvalue weighted by molar-refractivity contribution is 0.0780. The van der Waals surface area contributed by atoms with Gasteiger partial charge in [-0.05, 0) is 32.4 Å². The lowest BCUT2D eigenvalue weighted by atomic mass is 10.1. The molecule has 0 spiro atoms. The second-order valence-corrected chi connectivity index (χ2v) is 6.66. The van der Waals surface area contributed by atoms with E-state index >= 15 is 0 Å². The van der Waals surface area contributed by atoms with Crippen molar-refractivity contribution in [2.45, 2.75) is 26.2 Å². The molecule has 1 saturated heterocycles. The third-order valence-electron chi connectivity index (χ3n) is 4.68. The Kier molecular flexibility index (Phi) is 4.31. The summed E-state index contributed by atoms with van der Waals surface area (Å²) < 4.78 is 6.83. The Morgan fingerprint density at radius 1 is 1.22 bits per heavy atom. The largest absolute Gasteiger partial charge is 0.339 e. The molecule has 1 aliphatic rings. The van der Waals surface area contributed by atoms with Crippen LogP contribution in [0.1, 0.15) is 40.2 Å². The smallest absolute Gasteiger partial charge is 0.278 e. The zero-order valence-corrected chi connectivity index (χ0v) is 15.1. The monoisotopic (exact) mass is 365 g/mol. The summed E-state index contributed by atoms with van der Waals surface area (Å²) in [7, 11) is 0. The van der Waals surface area contributed by atoms with E-state index in [0.717, 1.165) is 5.69 Å². The van der Waals surface area contributed by atoms with Crippen LogP contribution in [0.15, 0.2) is 45.7 Å². The normalized spacial score (nSPS) is 16.7. The van der Waals surface area contributed by atoms with Crippen molar-refractivity contribution in [3.63, 3.8) is 0 Å². The molecule has 0 N–H and O–H groups in total. The van der Waals surface area contributed by atoms with Gasteiger partial charge in [0, 0.05) is 24.8 Å². The standard InChI is InChI=1S/C19H19N5O3/c1-12-10-16(25)17(21-24(12)15-6-4-3-5-7-15)19(26)23-9-8-14(11-23)18-20-13(2)22-27-18/h3-7,10,14H,8-9,11H2,1-2H3. The summed E-state index contributed by atoms with van der Waals surface area (Å²) in [5, 5.41) is 8.15. The van der Waals surface area contributed by atoms with Crippen molar-refractivity contribution in [3.8, 4) is 5.69 Å². The second-order valence-electron chi connectivity index (χ2n) is 6.66. The number of carbonyl (C=O) groups is 1. The molecule has 3 heterocycles. The molecule has 0 saturated carbocycles. The fourth-order valence-corrected chi connectivity index (χ4v) is 3.30. The van der Waals surface area contributed by atoms with Gasteiger partial charge in [-0.1, -0.05) is 23.4 Å². The van der Waals surface area contributed by atoms with E-state index in [1.54, 1.807) is 23.4 Å². The number of aryl methyl sites for hydroxylation is 2. The van der Waals surface area contributed by atoms with Crippen LogP contribution in [0, 0.1) is 13.8 Å². The van der Waals surface area contributed by atoms with E-state index in [2.05, 4.69) is 15.2 Å². The first-order chi connectivity index (χ1) is 13.0. The van der Waals surface area contributed by atoms with Gasteiger partial charge in [0.1, 0.15) is 0 Å². The van der Waals surface area contributed by atoms with Crippen LogP contribution in [-0.2, 0) is 0 Å². The predicted octanol–water partition coefficient (Wildman–Crippen LogP) is 1.86. The fourth-order valence-electron chi connectivity index (χ4n) is 3.30. The summed E-state index contributed by atoms with van der Waals surface area (Å²) in [6.45, 7) is 4.50. The second kappa shape index (κ2) is 6.79. The average Bonchev–Trinajstić information content (AvgIpc) is 3.31. The van der Waals surface area contributed by atoms with Gasteiger partial charge in [-0.25, -0.2) is 4.68 Å². The number of amides is 1. The topological polar surface area (TPSA) is 94.1 Å². The Hall–Kier alpha value is -3.29. The number of hydrogen-bond acceptors (Lipinski definition) is 6. The highest BCUT2D eigenvalue weighted by Gasteiger charge is 2.33. The summed E-state index contributed by atoms with van der Waals surface area (Å²) in [5.41, 5.74) is 1.02. The highest BCUT2D eigenvalue weighted by Crippen LogP contribution is 2.26. The summed E-state index contributed by atoms with van der Waals surface area (Å²) in [4.78, 5) is 31.2. The Morgan fingerprint density at radius 3 is 2.70 bits per heavy atom. The van der Waals surface area contributed by atoms with Gasteiger partial charge in [0.25, 0.3) is 5.91 Å². The quantitative estimate of drug-likeness (QED) is 0.703. The maximum Gasteiger partial charge on any atom is 0.278 e. The lowest BCUT2D eigenvalue weighted by Gasteiger charge is -2.16. The van der Waals surface area contributed by atoms with Crippen LogP contribution in [0.4, 0.5) is 0 Å². The molecule has 1 fully saturated rings. The van der Waals surface area contributed by atoms with Crippen LogP contribution in [0.5, 0.6) is 0 Å². The first-order valence-corrected chi connectivity index (χ1v) is 8.79. The first kappa shape index (κ1) is 17.1. The summed E-state index contributed by atoms with van der Waals surface area (Å²) in [6.07, 6.45) is 0.714. The van der Waals surface area contributed by atoms with E-state index in [0.29, 0.717) is 36.9 Å². The maximum absolute atomic E-state index is 12.9. The van der Waals surface area contributed by atoms with E-state index < -0.39 is 0 Å². The summed E-state index contributed by atoms with van der Waals surface area (Å²) >= 11 is 0. The molecule has 0 aliphatic carbocycles. The molecule has 8 nitrogen and oxygen atoms in total. The molecule has 0 radical (unpaired) electrons. The van der Waals surface area contributed by atoms with Crippen LogP contribution < -0.4 is 5.43 Å². The van der Waals surface area contributed by atoms with E-state index in [1.807, 2.05) is 30.3 Å². The lowest BCUT2D eigenvalue weighted by Crippen LogP contribution is -2.34. The van der Waals surface area contributed by atoms with Gasteiger partial charge in [0.2, 0.25) is 11.3 Å². The molecule has 2 aromatic heterocycles. The van der Waals surface area contributed by atoms with E-state index in [-0.39, 0.29) is 22.9 Å². The van der Waals surface area contributed by atoms with Crippen molar-refractivity contribution in [2.75, 3.05) is 13.1 Å². The van der Waals surface area contributed by atoms with Gasteiger partial charge in [-0.3, -0.25) is 9.59 Å². The first-order valence-electron chi connectivity index (χ1n) is 8.79. The van der Waals surface area contributed by atoms with Gasteiger partial charge in [0.05, 0.1) is 11.6 Å². The predicted molar refractivity (Wildman–Crippen MR) is 96.9 cm³/mol. The fraction of sp³-hybridized carbons (Fsp3) is 0.316. The molecule has 4 rings (SSSR count). The minimum absolute atomic E-state index is 0.0167. The molecule has 0 bridgehead atoms. The molecule has 27 heavy (non-hydrogen) atoms. The average molecular weight is 365 g/mol. The number of carbonyl (C=O) groups excluding carboxylic acids is 1. The van der Waals surface area contributed by atoms with E-state index in [1.165, 1.54) is 6.07 Å². The van der Waals surface area contributed by atoms with Crippen molar-refractivity contribution >= 4 is 5.91 Å². The number of nitrogens with zero attached hydrogens (tertiary/aromatic N) is 5. The molecule has 1 unspecified atom stereocenters. The Balaban J connectivity index is 1.62. The Labute approximate surface area is 155 Å². The van der Waals surface area contributed by atoms with Crippen LogP contribution in [0.3, 0.4) is 0 Å². The minimum atomic E-state index is -0.373. The number of rotatable bonds is 3. The molecule has 3 aromatic rings. The Morgan fingerprint density at radius 2 is 2.00 bits per heavy atom. The van der Waals surface area contributed by atoms with Gasteiger partial charge in [-0.15, -0.1) is 0 Å². The zero-order valence-electron chi connectivity index (χ0n) is 15.1. The van der Waals surface area contributed by atoms with Crippen molar-refractivity contribution in [1.82, 2.24) is 24.8 Å². The van der Waals surface area contributed by atoms with Crippen LogP contribution in [0.25, 0.3) is 5.69 Å². The highest BCUT2D eigenvalue weighted by molar-refractivity contribution is 5.92. The Bertz CT molecular complexity index is 1040. The SMILES string of the molecule is Cc1noc(C2CCN(C(=O)c3nn(-c4ccccc4)c(C)cc3=O)C2)n1. The number of aromatic nitrogens is 4. The number of para-hydroxylation sites is 1. The molecule has 1 atom stereocenters. The molecule has 8 heteroatoms. The molecular formula is C19H19N5O3. The van der Waals surface area contributed by atoms with Gasteiger partial charge in [-0.2, -0.15) is 10.1 Å². The molecule has 1 aromatic carbocycles. The van der Waals surface area contributed by atoms with Crippen molar-refractivity contribution in [2.24, 2.45) is 0 Å². The highest BCUT2D eigenvalue weighted by atomic mass is 16.5. The third kappa shape index (κ3) is 3.25. The van der Waals surface area contributed by atoms with Crippen LogP contribution in [-0.4, -0.2) is 43.8 Å². The van der Waals surface area contributed by atoms with Gasteiger partial charge < -0.3 is 9.42 Å². The van der Waals surface area contributed by atoms with Crippen molar-refractivity contribution in [3.05, 3.63) is 69.7 Å². The summed E-state index contributed by atoms with van der Waals surface area (Å²) in [6, 6.07) is 10.9. The zero-order chi connectivity index (χ0) is 19.0. The summed E-state index contributed by atoms with van der Waals surface area (Å²) in [5.74, 6) is 0.711. The number of likely N-dealkylation sites (tertiary alicyclic amines) is 1. The number of benzene rings is 1. The van der Waals surface area contributed by atoms with E-state index in [4.69, 9.17) is 4.52 Å². The van der Waals surface area contributed by atoms with E-state index in [9.17, 15) is 9.59 Å². The maximum atomic E-state index is 12.9. The minimum Gasteiger partial charge on any atom is -0.339 e. The molecule has 138 valence electrons. The molecule has 1 aliphatic heterocycles. The van der Waals surface area contributed by atoms with Crippen molar-refractivity contribution < 1.29 is 9.32 Å². The third-order valence-corrected chi connectivity index (χ3v) is 4.68. The molecule has 1 amide bonds. The van der Waals surface area contributed by atoms with Crippen LogP contribution in [0.2, 0.25) is 0 Å². The van der Waals surface area contributed by atoms with Gasteiger partial charge >= 0.3 is 0 Å². The van der Waals surface area contributed by atoms with Crippen LogP contribution >= 0.6 is 0 Å². The van der Waals surface area contributed by atoms with Gasteiger partial charge in [0.15, 0.2) is 11.5 Å². The van der Waals surface area contributed by atoms with Crippen molar-refractivity contribution in [1.29, 1.82) is 0 Å². The molecular weight excluding hydrogens is 346 g/mol.